The predicted molar refractivity (Wildman–Crippen MR) is 125 cm³/mol. The Morgan fingerprint density at radius 1 is 0.844 bits per heavy atom. The van der Waals surface area contributed by atoms with E-state index in [-0.39, 0.29) is 5.75 Å². The number of hydrogen-bond acceptors (Lipinski definition) is 6. The Balaban J connectivity index is 1.89. The van der Waals surface area contributed by atoms with Crippen molar-refractivity contribution in [2.45, 2.75) is 0 Å². The molecule has 162 valence electrons. The SMILES string of the molecule is COc1ccc(/C(C#N)=C\c2ccc(OC(=O)c3cccc(Br)c3)c(OC)c2)cc1OC. The minimum absolute atomic E-state index is 0.277. The Morgan fingerprint density at radius 2 is 1.53 bits per heavy atom. The van der Waals surface area contributed by atoms with Gasteiger partial charge in [0.1, 0.15) is 0 Å². The number of nitrogens with zero attached hydrogens (tertiary/aromatic N) is 1. The first-order valence-electron chi connectivity index (χ1n) is 9.49. The van der Waals surface area contributed by atoms with Gasteiger partial charge in [-0.25, -0.2) is 4.79 Å². The molecular formula is C25H20BrNO5. The van der Waals surface area contributed by atoms with Crippen molar-refractivity contribution in [3.63, 3.8) is 0 Å². The first-order valence-corrected chi connectivity index (χ1v) is 10.3. The zero-order chi connectivity index (χ0) is 23.1. The Kier molecular flexibility index (Phi) is 7.53. The van der Waals surface area contributed by atoms with E-state index in [0.29, 0.717) is 39.5 Å². The van der Waals surface area contributed by atoms with E-state index in [2.05, 4.69) is 22.0 Å². The molecule has 3 aromatic carbocycles. The van der Waals surface area contributed by atoms with Crippen LogP contribution in [0.5, 0.6) is 23.0 Å². The van der Waals surface area contributed by atoms with Crippen LogP contribution in [0.15, 0.2) is 65.1 Å². The molecule has 0 fully saturated rings. The average Bonchev–Trinajstić information content (AvgIpc) is 2.82. The molecule has 6 nitrogen and oxygen atoms in total. The number of methoxy groups -OCH3 is 3. The highest BCUT2D eigenvalue weighted by atomic mass is 79.9. The van der Waals surface area contributed by atoms with Crippen LogP contribution in [0.3, 0.4) is 0 Å². The fraction of sp³-hybridized carbons (Fsp3) is 0.120. The first kappa shape index (κ1) is 22.9. The monoisotopic (exact) mass is 493 g/mol. The van der Waals surface area contributed by atoms with Crippen LogP contribution in [-0.2, 0) is 0 Å². The molecule has 0 aliphatic rings. The third-order valence-electron chi connectivity index (χ3n) is 4.58. The molecule has 0 atom stereocenters. The second-order valence-corrected chi connectivity index (χ2v) is 7.47. The van der Waals surface area contributed by atoms with Crippen LogP contribution in [0.25, 0.3) is 11.6 Å². The number of esters is 1. The van der Waals surface area contributed by atoms with E-state index >= 15 is 0 Å². The van der Waals surface area contributed by atoms with Crippen molar-refractivity contribution in [2.75, 3.05) is 21.3 Å². The van der Waals surface area contributed by atoms with Crippen LogP contribution < -0.4 is 18.9 Å². The quantitative estimate of drug-likeness (QED) is 0.180. The smallest absolute Gasteiger partial charge is 0.343 e. The molecule has 0 aliphatic heterocycles. The molecule has 0 aromatic heterocycles. The van der Waals surface area contributed by atoms with Crippen molar-refractivity contribution in [1.82, 2.24) is 0 Å². The number of hydrogen-bond donors (Lipinski definition) is 0. The summed E-state index contributed by atoms with van der Waals surface area (Å²) in [6, 6.07) is 19.4. The number of nitriles is 1. The standard InChI is InChI=1S/C25H20BrNO5/c1-29-21-10-8-17(14-24(21)31-3)19(15-27)11-16-7-9-22(23(12-16)30-2)32-25(28)18-5-4-6-20(26)13-18/h4-14H,1-3H3/b19-11-. The number of rotatable bonds is 7. The summed E-state index contributed by atoms with van der Waals surface area (Å²) in [5, 5.41) is 9.68. The lowest BCUT2D eigenvalue weighted by molar-refractivity contribution is 0.0729. The second kappa shape index (κ2) is 10.5. The average molecular weight is 494 g/mol. The van der Waals surface area contributed by atoms with E-state index in [1.165, 1.54) is 14.2 Å². The van der Waals surface area contributed by atoms with Gasteiger partial charge in [0.25, 0.3) is 0 Å². The van der Waals surface area contributed by atoms with E-state index in [1.807, 2.05) is 6.07 Å². The van der Waals surface area contributed by atoms with E-state index in [0.717, 1.165) is 4.47 Å². The molecule has 0 saturated heterocycles. The molecule has 3 rings (SSSR count). The van der Waals surface area contributed by atoms with Gasteiger partial charge in [-0.3, -0.25) is 0 Å². The fourth-order valence-electron chi connectivity index (χ4n) is 2.98. The summed E-state index contributed by atoms with van der Waals surface area (Å²) in [5.74, 6) is 1.24. The molecule has 0 N–H and O–H groups in total. The Labute approximate surface area is 194 Å². The minimum Gasteiger partial charge on any atom is -0.493 e. The number of carbonyl (C=O) groups is 1. The summed E-state index contributed by atoms with van der Waals surface area (Å²) in [6.45, 7) is 0. The van der Waals surface area contributed by atoms with Gasteiger partial charge < -0.3 is 18.9 Å². The molecule has 0 amide bonds. The Bertz CT molecular complexity index is 1210. The zero-order valence-electron chi connectivity index (χ0n) is 17.7. The number of ether oxygens (including phenoxy) is 4. The summed E-state index contributed by atoms with van der Waals surface area (Å²) in [7, 11) is 4.57. The molecule has 0 aliphatic carbocycles. The Morgan fingerprint density at radius 3 is 2.19 bits per heavy atom. The van der Waals surface area contributed by atoms with Gasteiger partial charge in [0, 0.05) is 4.47 Å². The van der Waals surface area contributed by atoms with Crippen LogP contribution in [-0.4, -0.2) is 27.3 Å². The van der Waals surface area contributed by atoms with Gasteiger partial charge >= 0.3 is 5.97 Å². The molecular weight excluding hydrogens is 474 g/mol. The van der Waals surface area contributed by atoms with Crippen molar-refractivity contribution in [1.29, 1.82) is 5.26 Å². The van der Waals surface area contributed by atoms with Gasteiger partial charge in [-0.15, -0.1) is 0 Å². The molecule has 0 spiro atoms. The van der Waals surface area contributed by atoms with Crippen molar-refractivity contribution < 1.29 is 23.7 Å². The maximum absolute atomic E-state index is 12.5. The van der Waals surface area contributed by atoms with E-state index in [9.17, 15) is 10.1 Å². The highest BCUT2D eigenvalue weighted by molar-refractivity contribution is 9.10. The summed E-state index contributed by atoms with van der Waals surface area (Å²) in [5.41, 5.74) is 2.21. The van der Waals surface area contributed by atoms with Gasteiger partial charge in [-0.1, -0.05) is 28.1 Å². The summed E-state index contributed by atoms with van der Waals surface area (Å²) >= 11 is 3.34. The molecule has 0 unspecified atom stereocenters. The zero-order valence-corrected chi connectivity index (χ0v) is 19.3. The normalized spacial score (nSPS) is 10.8. The van der Waals surface area contributed by atoms with Crippen molar-refractivity contribution in [2.24, 2.45) is 0 Å². The Hall–Kier alpha value is -3.76. The van der Waals surface area contributed by atoms with Gasteiger partial charge in [-0.05, 0) is 65.7 Å². The molecule has 0 bridgehead atoms. The van der Waals surface area contributed by atoms with Crippen LogP contribution in [0.2, 0.25) is 0 Å². The number of carbonyl (C=O) groups excluding carboxylic acids is 1. The highest BCUT2D eigenvalue weighted by Gasteiger charge is 2.14. The third-order valence-corrected chi connectivity index (χ3v) is 5.07. The predicted octanol–water partition coefficient (Wildman–Crippen LogP) is 5.76. The molecule has 7 heteroatoms. The van der Waals surface area contributed by atoms with Crippen LogP contribution in [0, 0.1) is 11.3 Å². The second-order valence-electron chi connectivity index (χ2n) is 6.55. The molecule has 0 heterocycles. The van der Waals surface area contributed by atoms with E-state index in [1.54, 1.807) is 67.8 Å². The van der Waals surface area contributed by atoms with Crippen molar-refractivity contribution >= 4 is 33.5 Å². The fourth-order valence-corrected chi connectivity index (χ4v) is 3.38. The number of benzene rings is 3. The lowest BCUT2D eigenvalue weighted by Crippen LogP contribution is -2.09. The lowest BCUT2D eigenvalue weighted by atomic mass is 10.0. The maximum atomic E-state index is 12.5. The molecule has 32 heavy (non-hydrogen) atoms. The van der Waals surface area contributed by atoms with E-state index < -0.39 is 5.97 Å². The largest absolute Gasteiger partial charge is 0.493 e. The van der Waals surface area contributed by atoms with Crippen LogP contribution >= 0.6 is 15.9 Å². The summed E-state index contributed by atoms with van der Waals surface area (Å²) in [4.78, 5) is 12.5. The van der Waals surface area contributed by atoms with Crippen molar-refractivity contribution in [3.8, 4) is 29.1 Å². The van der Waals surface area contributed by atoms with Crippen LogP contribution in [0.1, 0.15) is 21.5 Å². The maximum Gasteiger partial charge on any atom is 0.343 e. The molecule has 3 aromatic rings. The molecule has 0 saturated carbocycles. The summed E-state index contributed by atoms with van der Waals surface area (Å²) in [6.07, 6.45) is 1.71. The minimum atomic E-state index is -0.504. The summed E-state index contributed by atoms with van der Waals surface area (Å²) < 4.78 is 22.2. The van der Waals surface area contributed by atoms with Gasteiger partial charge in [0.05, 0.1) is 38.5 Å². The lowest BCUT2D eigenvalue weighted by Gasteiger charge is -2.11. The van der Waals surface area contributed by atoms with Crippen LogP contribution in [0.4, 0.5) is 0 Å². The van der Waals surface area contributed by atoms with E-state index in [4.69, 9.17) is 18.9 Å². The van der Waals surface area contributed by atoms with Crippen molar-refractivity contribution in [3.05, 3.63) is 81.8 Å². The van der Waals surface area contributed by atoms with Gasteiger partial charge in [-0.2, -0.15) is 5.26 Å². The third kappa shape index (κ3) is 5.29. The highest BCUT2D eigenvalue weighted by Crippen LogP contribution is 2.33. The topological polar surface area (TPSA) is 77.8 Å². The van der Waals surface area contributed by atoms with Gasteiger partial charge in [0.2, 0.25) is 0 Å². The number of halogens is 1. The first-order chi connectivity index (χ1) is 15.5. The van der Waals surface area contributed by atoms with Gasteiger partial charge in [0.15, 0.2) is 23.0 Å². The number of allylic oxidation sites excluding steroid dienone is 1. The molecule has 0 radical (unpaired) electrons.